The number of rotatable bonds is 4. The molecule has 0 aromatic carbocycles. The molecule has 0 heterocycles. The third-order valence-corrected chi connectivity index (χ3v) is 1.61. The van der Waals surface area contributed by atoms with E-state index in [1.165, 1.54) is 6.92 Å². The number of amides is 1. The molecule has 1 N–H and O–H groups in total. The first-order valence-corrected chi connectivity index (χ1v) is 5.69. The molecule has 0 bridgehead atoms. The van der Waals surface area contributed by atoms with Crippen molar-refractivity contribution in [1.29, 1.82) is 0 Å². The lowest BCUT2D eigenvalue weighted by Crippen LogP contribution is -2.37. The predicted molar refractivity (Wildman–Crippen MR) is 64.7 cm³/mol. The highest BCUT2D eigenvalue weighted by Crippen LogP contribution is 2.07. The van der Waals surface area contributed by atoms with Gasteiger partial charge >= 0.3 is 12.1 Å². The summed E-state index contributed by atoms with van der Waals surface area (Å²) in [5.41, 5.74) is -0.632. The number of carbonyl (C=O) groups excluding carboxylic acids is 2. The highest BCUT2D eigenvalue weighted by Gasteiger charge is 2.18. The van der Waals surface area contributed by atoms with Crippen LogP contribution in [0.2, 0.25) is 0 Å². The van der Waals surface area contributed by atoms with Crippen molar-refractivity contribution < 1.29 is 23.5 Å². The fourth-order valence-corrected chi connectivity index (χ4v) is 1.02. The Morgan fingerprint density at radius 2 is 1.94 bits per heavy atom. The average Bonchev–Trinajstić information content (AvgIpc) is 2.13. The van der Waals surface area contributed by atoms with Gasteiger partial charge in [0.1, 0.15) is 5.60 Å². The summed E-state index contributed by atoms with van der Waals surface area (Å²) in [7, 11) is 0. The zero-order chi connectivity index (χ0) is 14.3. The standard InChI is InChI=1S/C12H20FNO4/c1-6-17-10(15)9(13)7-8(2)14-11(16)18-12(3,4)5/h7-8H,6H2,1-5H3,(H,14,16)/b9-7+/t8-/m0/s1. The molecular weight excluding hydrogens is 241 g/mol. The number of esters is 1. The highest BCUT2D eigenvalue weighted by molar-refractivity contribution is 5.86. The van der Waals surface area contributed by atoms with Crippen LogP contribution in [-0.2, 0) is 14.3 Å². The topological polar surface area (TPSA) is 64.6 Å². The highest BCUT2D eigenvalue weighted by atomic mass is 19.1. The van der Waals surface area contributed by atoms with Gasteiger partial charge < -0.3 is 14.8 Å². The van der Waals surface area contributed by atoms with Gasteiger partial charge in [0.15, 0.2) is 0 Å². The molecule has 0 aromatic rings. The van der Waals surface area contributed by atoms with Gasteiger partial charge in [0.05, 0.1) is 12.6 Å². The molecule has 0 aliphatic rings. The lowest BCUT2D eigenvalue weighted by molar-refractivity contribution is -0.140. The fraction of sp³-hybridized carbons (Fsp3) is 0.667. The summed E-state index contributed by atoms with van der Waals surface area (Å²) < 4.78 is 22.7. The van der Waals surface area contributed by atoms with E-state index in [1.807, 2.05) is 0 Å². The fourth-order valence-electron chi connectivity index (χ4n) is 1.02. The Morgan fingerprint density at radius 3 is 2.39 bits per heavy atom. The van der Waals surface area contributed by atoms with Gasteiger partial charge in [0.2, 0.25) is 5.83 Å². The molecular formula is C12H20FNO4. The van der Waals surface area contributed by atoms with Crippen molar-refractivity contribution in [1.82, 2.24) is 5.32 Å². The minimum atomic E-state index is -1.05. The van der Waals surface area contributed by atoms with Crippen molar-refractivity contribution in [3.63, 3.8) is 0 Å². The van der Waals surface area contributed by atoms with E-state index in [1.54, 1.807) is 27.7 Å². The Labute approximate surface area is 106 Å². The second-order valence-electron chi connectivity index (χ2n) is 4.67. The molecule has 0 aromatic heterocycles. The molecule has 6 heteroatoms. The van der Waals surface area contributed by atoms with Gasteiger partial charge in [-0.15, -0.1) is 0 Å². The first-order chi connectivity index (χ1) is 8.15. The number of nitrogens with one attached hydrogen (secondary N) is 1. The molecule has 0 fully saturated rings. The molecule has 1 amide bonds. The van der Waals surface area contributed by atoms with Gasteiger partial charge in [-0.25, -0.2) is 9.59 Å². The van der Waals surface area contributed by atoms with E-state index < -0.39 is 29.5 Å². The van der Waals surface area contributed by atoms with Gasteiger partial charge in [-0.05, 0) is 40.7 Å². The molecule has 104 valence electrons. The molecule has 0 unspecified atom stereocenters. The van der Waals surface area contributed by atoms with Crippen LogP contribution in [-0.4, -0.2) is 30.3 Å². The number of ether oxygens (including phenoxy) is 2. The van der Waals surface area contributed by atoms with Crippen molar-refractivity contribution in [2.24, 2.45) is 0 Å². The third kappa shape index (κ3) is 7.65. The zero-order valence-corrected chi connectivity index (χ0v) is 11.4. The Bertz CT molecular complexity index is 333. The zero-order valence-electron chi connectivity index (χ0n) is 11.4. The van der Waals surface area contributed by atoms with Crippen LogP contribution in [0.1, 0.15) is 34.6 Å². The van der Waals surface area contributed by atoms with Crippen molar-refractivity contribution in [3.05, 3.63) is 11.9 Å². The summed E-state index contributed by atoms with van der Waals surface area (Å²) in [5.74, 6) is -2.09. The first-order valence-electron chi connectivity index (χ1n) is 5.69. The van der Waals surface area contributed by atoms with E-state index in [0.29, 0.717) is 0 Å². The summed E-state index contributed by atoms with van der Waals surface area (Å²) in [6.45, 7) is 8.33. The predicted octanol–water partition coefficient (Wildman–Crippen LogP) is 2.32. The van der Waals surface area contributed by atoms with Crippen molar-refractivity contribution in [3.8, 4) is 0 Å². The summed E-state index contributed by atoms with van der Waals surface area (Å²) >= 11 is 0. The first kappa shape index (κ1) is 16.4. The maximum Gasteiger partial charge on any atom is 0.408 e. The largest absolute Gasteiger partial charge is 0.461 e. The van der Waals surface area contributed by atoms with Crippen molar-refractivity contribution >= 4 is 12.1 Å². The Balaban J connectivity index is 4.33. The maximum atomic E-state index is 13.2. The molecule has 0 saturated heterocycles. The van der Waals surface area contributed by atoms with Crippen molar-refractivity contribution in [2.75, 3.05) is 6.61 Å². The minimum absolute atomic E-state index is 0.0912. The second kappa shape index (κ2) is 6.98. The smallest absolute Gasteiger partial charge is 0.408 e. The molecule has 0 aliphatic heterocycles. The van der Waals surface area contributed by atoms with Crippen LogP contribution in [0.4, 0.5) is 9.18 Å². The molecule has 1 atom stereocenters. The lowest BCUT2D eigenvalue weighted by Gasteiger charge is -2.20. The molecule has 0 rings (SSSR count). The number of alkyl carbamates (subject to hydrolysis) is 1. The van der Waals surface area contributed by atoms with E-state index in [2.05, 4.69) is 10.1 Å². The Kier molecular flexibility index (Phi) is 6.36. The third-order valence-electron chi connectivity index (χ3n) is 1.61. The van der Waals surface area contributed by atoms with E-state index in [0.717, 1.165) is 6.08 Å². The summed E-state index contributed by atoms with van der Waals surface area (Å²) in [4.78, 5) is 22.3. The normalized spacial score (nSPS) is 13.8. The van der Waals surface area contributed by atoms with Gasteiger partial charge in [-0.3, -0.25) is 0 Å². The van der Waals surface area contributed by atoms with Crippen molar-refractivity contribution in [2.45, 2.75) is 46.3 Å². The maximum absolute atomic E-state index is 13.2. The van der Waals surface area contributed by atoms with Crippen LogP contribution in [0.25, 0.3) is 0 Å². The van der Waals surface area contributed by atoms with E-state index in [-0.39, 0.29) is 6.61 Å². The SMILES string of the molecule is CCOC(=O)/C(F)=C\[C@H](C)NC(=O)OC(C)(C)C. The molecule has 18 heavy (non-hydrogen) atoms. The molecule has 0 aliphatic carbocycles. The van der Waals surface area contributed by atoms with Crippen LogP contribution in [0.5, 0.6) is 0 Å². The Hall–Kier alpha value is -1.59. The molecule has 0 spiro atoms. The quantitative estimate of drug-likeness (QED) is 0.623. The Morgan fingerprint density at radius 1 is 1.39 bits per heavy atom. The van der Waals surface area contributed by atoms with Crippen LogP contribution >= 0.6 is 0 Å². The van der Waals surface area contributed by atoms with Gasteiger partial charge in [-0.2, -0.15) is 4.39 Å². The molecule has 0 radical (unpaired) electrons. The minimum Gasteiger partial charge on any atom is -0.461 e. The lowest BCUT2D eigenvalue weighted by atomic mass is 10.2. The second-order valence-corrected chi connectivity index (χ2v) is 4.67. The van der Waals surface area contributed by atoms with Gasteiger partial charge in [0, 0.05) is 0 Å². The van der Waals surface area contributed by atoms with Crippen LogP contribution < -0.4 is 5.32 Å². The van der Waals surface area contributed by atoms with E-state index in [4.69, 9.17) is 4.74 Å². The van der Waals surface area contributed by atoms with E-state index in [9.17, 15) is 14.0 Å². The summed E-state index contributed by atoms with van der Waals surface area (Å²) in [6, 6.07) is -0.677. The number of halogens is 1. The van der Waals surface area contributed by atoms with Crippen LogP contribution in [0.3, 0.4) is 0 Å². The average molecular weight is 261 g/mol. The summed E-state index contributed by atoms with van der Waals surface area (Å²) in [5, 5.41) is 2.38. The van der Waals surface area contributed by atoms with Crippen LogP contribution in [0, 0.1) is 0 Å². The number of hydrogen-bond donors (Lipinski definition) is 1. The molecule has 0 saturated carbocycles. The van der Waals surface area contributed by atoms with E-state index >= 15 is 0 Å². The number of carbonyl (C=O) groups is 2. The monoisotopic (exact) mass is 261 g/mol. The number of hydrogen-bond acceptors (Lipinski definition) is 4. The van der Waals surface area contributed by atoms with Gasteiger partial charge in [0.25, 0.3) is 0 Å². The van der Waals surface area contributed by atoms with Gasteiger partial charge in [-0.1, -0.05) is 0 Å². The van der Waals surface area contributed by atoms with Crippen LogP contribution in [0.15, 0.2) is 11.9 Å². The summed E-state index contributed by atoms with van der Waals surface area (Å²) in [6.07, 6.45) is 0.282. The molecule has 5 nitrogen and oxygen atoms in total.